The third-order valence-electron chi connectivity index (χ3n) is 4.70. The van der Waals surface area contributed by atoms with E-state index >= 15 is 0 Å². The first-order valence-electron chi connectivity index (χ1n) is 8.23. The molecule has 0 unspecified atom stereocenters. The number of rotatable bonds is 5. The maximum Gasteiger partial charge on any atom is 0.246 e. The second-order valence-electron chi connectivity index (χ2n) is 6.27. The van der Waals surface area contributed by atoms with Crippen LogP contribution in [0.25, 0.3) is 0 Å². The van der Waals surface area contributed by atoms with Crippen molar-refractivity contribution in [1.82, 2.24) is 13.9 Å². The number of nitrogens with zero attached hydrogens (tertiary/aromatic N) is 3. The molecule has 0 bridgehead atoms. The quantitative estimate of drug-likeness (QED) is 0.814. The lowest BCUT2D eigenvalue weighted by molar-refractivity contribution is 0.251. The van der Waals surface area contributed by atoms with E-state index in [1.165, 1.54) is 23.5 Å². The molecule has 25 heavy (non-hydrogen) atoms. The van der Waals surface area contributed by atoms with Crippen LogP contribution in [0, 0.1) is 18.7 Å². The van der Waals surface area contributed by atoms with Gasteiger partial charge < -0.3 is 9.30 Å². The fourth-order valence-electron chi connectivity index (χ4n) is 3.20. The summed E-state index contributed by atoms with van der Waals surface area (Å²) in [4.78, 5) is 4.10. The zero-order valence-electron chi connectivity index (χ0n) is 14.4. The molecule has 0 saturated carbocycles. The summed E-state index contributed by atoms with van der Waals surface area (Å²) in [6.45, 7) is 3.62. The largest absolute Gasteiger partial charge is 0.495 e. The number of imidazole rings is 1. The molecule has 0 radical (unpaired) electrons. The molecule has 0 atom stereocenters. The summed E-state index contributed by atoms with van der Waals surface area (Å²) in [5.41, 5.74) is 0. The van der Waals surface area contributed by atoms with Gasteiger partial charge in [0.2, 0.25) is 10.0 Å². The number of methoxy groups -OCH3 is 1. The van der Waals surface area contributed by atoms with Crippen molar-refractivity contribution in [2.24, 2.45) is 5.92 Å². The van der Waals surface area contributed by atoms with E-state index in [4.69, 9.17) is 4.74 Å². The first kappa shape index (κ1) is 17.9. The third-order valence-corrected chi connectivity index (χ3v) is 6.62. The van der Waals surface area contributed by atoms with Crippen molar-refractivity contribution in [2.45, 2.75) is 31.2 Å². The summed E-state index contributed by atoms with van der Waals surface area (Å²) >= 11 is 0. The Labute approximate surface area is 147 Å². The van der Waals surface area contributed by atoms with E-state index in [2.05, 4.69) is 9.55 Å². The molecule has 136 valence electrons. The lowest BCUT2D eigenvalue weighted by Gasteiger charge is -2.31. The maximum atomic E-state index is 13.5. The van der Waals surface area contributed by atoms with E-state index in [0.717, 1.165) is 31.3 Å². The van der Waals surface area contributed by atoms with Crippen LogP contribution in [0.15, 0.2) is 35.5 Å². The summed E-state index contributed by atoms with van der Waals surface area (Å²) < 4.78 is 47.9. The Hall–Kier alpha value is -1.93. The van der Waals surface area contributed by atoms with Crippen LogP contribution in [-0.4, -0.2) is 42.5 Å². The van der Waals surface area contributed by atoms with Crippen molar-refractivity contribution in [2.75, 3.05) is 20.2 Å². The van der Waals surface area contributed by atoms with Gasteiger partial charge in [0.15, 0.2) is 0 Å². The number of aryl methyl sites for hydroxylation is 1. The molecule has 1 aliphatic rings. The molecular formula is C17H22FN3O3S. The number of benzene rings is 1. The standard InChI is InChI=1S/C17H22FN3O3S/c1-13-19-7-10-20(13)12-14-5-8-21(9-6-14)25(22,23)17-11-15(18)3-4-16(17)24-2/h3-4,7,10-11,14H,5-6,8-9,12H2,1-2H3. The van der Waals surface area contributed by atoms with E-state index in [1.54, 1.807) is 6.20 Å². The zero-order chi connectivity index (χ0) is 18.0. The molecule has 1 fully saturated rings. The van der Waals surface area contributed by atoms with Gasteiger partial charge in [0.1, 0.15) is 22.3 Å². The van der Waals surface area contributed by atoms with Crippen LogP contribution in [0.5, 0.6) is 5.75 Å². The molecule has 0 aliphatic carbocycles. The average Bonchev–Trinajstić information content (AvgIpc) is 3.00. The molecular weight excluding hydrogens is 345 g/mol. The van der Waals surface area contributed by atoms with Crippen LogP contribution in [0.1, 0.15) is 18.7 Å². The van der Waals surface area contributed by atoms with Gasteiger partial charge in [-0.3, -0.25) is 0 Å². The second kappa shape index (κ2) is 7.13. The van der Waals surface area contributed by atoms with E-state index in [0.29, 0.717) is 19.0 Å². The molecule has 1 saturated heterocycles. The van der Waals surface area contributed by atoms with Crippen LogP contribution in [-0.2, 0) is 16.6 Å². The van der Waals surface area contributed by atoms with Crippen LogP contribution < -0.4 is 4.74 Å². The minimum Gasteiger partial charge on any atom is -0.495 e. The highest BCUT2D eigenvalue weighted by molar-refractivity contribution is 7.89. The van der Waals surface area contributed by atoms with Crippen molar-refractivity contribution < 1.29 is 17.5 Å². The second-order valence-corrected chi connectivity index (χ2v) is 8.18. The topological polar surface area (TPSA) is 64.4 Å². The van der Waals surface area contributed by atoms with Gasteiger partial charge in [-0.05, 0) is 43.9 Å². The van der Waals surface area contributed by atoms with E-state index in [1.807, 2.05) is 13.1 Å². The van der Waals surface area contributed by atoms with Gasteiger partial charge in [-0.1, -0.05) is 0 Å². The van der Waals surface area contributed by atoms with E-state index in [-0.39, 0.29) is 10.6 Å². The van der Waals surface area contributed by atoms with Gasteiger partial charge in [0.25, 0.3) is 0 Å². The minimum atomic E-state index is -3.77. The van der Waals surface area contributed by atoms with Gasteiger partial charge in [-0.25, -0.2) is 17.8 Å². The molecule has 8 heteroatoms. The first-order chi connectivity index (χ1) is 11.9. The van der Waals surface area contributed by atoms with Crippen LogP contribution in [0.2, 0.25) is 0 Å². The summed E-state index contributed by atoms with van der Waals surface area (Å²) in [5, 5.41) is 0. The van der Waals surface area contributed by atoms with Gasteiger partial charge >= 0.3 is 0 Å². The lowest BCUT2D eigenvalue weighted by atomic mass is 9.98. The molecule has 2 aromatic rings. The van der Waals surface area contributed by atoms with Gasteiger partial charge in [-0.15, -0.1) is 0 Å². The Morgan fingerprint density at radius 2 is 2.04 bits per heavy atom. The molecule has 2 heterocycles. The highest BCUT2D eigenvalue weighted by Gasteiger charge is 2.32. The number of aromatic nitrogens is 2. The number of halogens is 1. The predicted molar refractivity (Wildman–Crippen MR) is 91.4 cm³/mol. The van der Waals surface area contributed by atoms with Crippen molar-refractivity contribution in [3.63, 3.8) is 0 Å². The zero-order valence-corrected chi connectivity index (χ0v) is 15.2. The summed E-state index contributed by atoms with van der Waals surface area (Å²) in [5.74, 6) is 0.927. The summed E-state index contributed by atoms with van der Waals surface area (Å²) in [6.07, 6.45) is 5.23. The van der Waals surface area contributed by atoms with E-state index < -0.39 is 15.8 Å². The molecule has 0 amide bonds. The fourth-order valence-corrected chi connectivity index (χ4v) is 4.84. The number of ether oxygens (including phenoxy) is 1. The smallest absolute Gasteiger partial charge is 0.246 e. The highest BCUT2D eigenvalue weighted by atomic mass is 32.2. The van der Waals surface area contributed by atoms with Crippen LogP contribution in [0.3, 0.4) is 0 Å². The SMILES string of the molecule is COc1ccc(F)cc1S(=O)(=O)N1CCC(Cn2ccnc2C)CC1. The Kier molecular flexibility index (Phi) is 5.10. The van der Waals surface area contributed by atoms with Gasteiger partial charge in [0.05, 0.1) is 7.11 Å². The minimum absolute atomic E-state index is 0.112. The van der Waals surface area contributed by atoms with Crippen molar-refractivity contribution >= 4 is 10.0 Å². The van der Waals surface area contributed by atoms with Crippen molar-refractivity contribution in [3.05, 3.63) is 42.2 Å². The number of hydrogen-bond donors (Lipinski definition) is 0. The molecule has 6 nitrogen and oxygen atoms in total. The highest BCUT2D eigenvalue weighted by Crippen LogP contribution is 2.30. The molecule has 0 spiro atoms. The number of hydrogen-bond acceptors (Lipinski definition) is 4. The van der Waals surface area contributed by atoms with Crippen LogP contribution in [0.4, 0.5) is 4.39 Å². The van der Waals surface area contributed by atoms with E-state index in [9.17, 15) is 12.8 Å². The van der Waals surface area contributed by atoms with Gasteiger partial charge in [-0.2, -0.15) is 4.31 Å². The third kappa shape index (κ3) is 3.69. The Morgan fingerprint density at radius 3 is 2.64 bits per heavy atom. The van der Waals surface area contributed by atoms with Crippen LogP contribution >= 0.6 is 0 Å². The molecule has 3 rings (SSSR count). The Balaban J connectivity index is 1.72. The molecule has 1 aromatic heterocycles. The molecule has 1 aromatic carbocycles. The fraction of sp³-hybridized carbons (Fsp3) is 0.471. The van der Waals surface area contributed by atoms with Crippen molar-refractivity contribution in [1.29, 1.82) is 0 Å². The average molecular weight is 367 g/mol. The first-order valence-corrected chi connectivity index (χ1v) is 9.67. The molecule has 1 aliphatic heterocycles. The van der Waals surface area contributed by atoms with Gasteiger partial charge in [0, 0.05) is 32.0 Å². The lowest BCUT2D eigenvalue weighted by Crippen LogP contribution is -2.39. The summed E-state index contributed by atoms with van der Waals surface area (Å²) in [7, 11) is -2.39. The van der Waals surface area contributed by atoms with Crippen molar-refractivity contribution in [3.8, 4) is 5.75 Å². The molecule has 0 N–H and O–H groups in total. The predicted octanol–water partition coefficient (Wildman–Crippen LogP) is 2.44. The monoisotopic (exact) mass is 367 g/mol. The maximum absolute atomic E-state index is 13.5. The Bertz CT molecular complexity index is 843. The Morgan fingerprint density at radius 1 is 1.32 bits per heavy atom. The summed E-state index contributed by atoms with van der Waals surface area (Å²) in [6, 6.07) is 3.56. The number of piperidine rings is 1. The normalized spacial score (nSPS) is 16.9. The number of sulfonamides is 1.